The van der Waals surface area contributed by atoms with Gasteiger partial charge in [-0.1, -0.05) is 0 Å². The second-order valence-corrected chi connectivity index (χ2v) is 6.76. The van der Waals surface area contributed by atoms with Gasteiger partial charge in [-0.25, -0.2) is 8.78 Å². The number of carbonyl (C=O) groups is 1. The van der Waals surface area contributed by atoms with Crippen molar-refractivity contribution >= 4 is 5.91 Å². The molecule has 5 nitrogen and oxygen atoms in total. The first-order valence-electron chi connectivity index (χ1n) is 7.81. The molecule has 0 radical (unpaired) electrons. The van der Waals surface area contributed by atoms with Crippen LogP contribution in [0.15, 0.2) is 16.9 Å². The number of halogens is 2. The van der Waals surface area contributed by atoms with Crippen molar-refractivity contribution in [3.05, 3.63) is 33.7 Å². The number of piperidine rings is 1. The van der Waals surface area contributed by atoms with E-state index in [0.29, 0.717) is 31.9 Å². The Labute approximate surface area is 133 Å². The standard InChI is InChI=1S/C16H21F2N3O2/c1-19(2)9-14(23)20-6-10-5-11(8-20)15-12(16(17)18)3-4-13(22)21(15)7-10/h3-4,10-11,16H,5-9H2,1-2H3/t10-,11-/m1/s1. The lowest BCUT2D eigenvalue weighted by Crippen LogP contribution is -2.51. The van der Waals surface area contributed by atoms with Gasteiger partial charge in [-0.2, -0.15) is 0 Å². The first kappa shape index (κ1) is 16.1. The van der Waals surface area contributed by atoms with Crippen LogP contribution in [0.4, 0.5) is 8.78 Å². The Morgan fingerprint density at radius 3 is 2.70 bits per heavy atom. The number of aromatic nitrogens is 1. The smallest absolute Gasteiger partial charge is 0.265 e. The monoisotopic (exact) mass is 325 g/mol. The molecule has 1 aromatic heterocycles. The summed E-state index contributed by atoms with van der Waals surface area (Å²) in [5, 5.41) is 0. The highest BCUT2D eigenvalue weighted by Crippen LogP contribution is 2.39. The van der Waals surface area contributed by atoms with Gasteiger partial charge in [-0.15, -0.1) is 0 Å². The van der Waals surface area contributed by atoms with Gasteiger partial charge in [0, 0.05) is 42.9 Å². The minimum absolute atomic E-state index is 0.00928. The molecular formula is C16H21F2N3O2. The van der Waals surface area contributed by atoms with Gasteiger partial charge in [0.1, 0.15) is 0 Å². The van der Waals surface area contributed by atoms with Crippen LogP contribution in [0.2, 0.25) is 0 Å². The molecule has 23 heavy (non-hydrogen) atoms. The van der Waals surface area contributed by atoms with Crippen molar-refractivity contribution in [2.45, 2.75) is 25.3 Å². The summed E-state index contributed by atoms with van der Waals surface area (Å²) in [5.74, 6) is -0.0282. The van der Waals surface area contributed by atoms with Crippen LogP contribution in [0.1, 0.15) is 30.0 Å². The van der Waals surface area contributed by atoms with E-state index in [1.807, 2.05) is 14.1 Å². The maximum Gasteiger partial charge on any atom is 0.265 e. The Morgan fingerprint density at radius 2 is 2.04 bits per heavy atom. The number of rotatable bonds is 3. The molecule has 2 aliphatic heterocycles. The molecule has 2 atom stereocenters. The molecule has 7 heteroatoms. The minimum Gasteiger partial charge on any atom is -0.341 e. The summed E-state index contributed by atoms with van der Waals surface area (Å²) in [6.45, 7) is 1.72. The molecule has 3 heterocycles. The number of amides is 1. The topological polar surface area (TPSA) is 45.6 Å². The number of hydrogen-bond acceptors (Lipinski definition) is 3. The van der Waals surface area contributed by atoms with Gasteiger partial charge in [-0.3, -0.25) is 9.59 Å². The molecule has 1 saturated heterocycles. The molecule has 0 unspecified atom stereocenters. The number of carbonyl (C=O) groups excluding carboxylic acids is 1. The SMILES string of the molecule is CN(C)CC(=O)N1C[C@H]2C[C@H](C1)c1c(C(F)F)ccc(=O)n1C2. The van der Waals surface area contributed by atoms with Crippen LogP contribution >= 0.6 is 0 Å². The van der Waals surface area contributed by atoms with Crippen LogP contribution < -0.4 is 5.56 Å². The second kappa shape index (κ2) is 6.03. The van der Waals surface area contributed by atoms with Crippen molar-refractivity contribution < 1.29 is 13.6 Å². The first-order chi connectivity index (χ1) is 10.9. The van der Waals surface area contributed by atoms with Crippen LogP contribution in [-0.2, 0) is 11.3 Å². The molecule has 126 valence electrons. The summed E-state index contributed by atoms with van der Waals surface area (Å²) in [4.78, 5) is 27.9. The highest BCUT2D eigenvalue weighted by molar-refractivity contribution is 5.78. The van der Waals surface area contributed by atoms with Gasteiger partial charge in [0.05, 0.1) is 6.54 Å². The molecule has 0 aliphatic carbocycles. The number of alkyl halides is 2. The molecule has 2 aliphatic rings. The summed E-state index contributed by atoms with van der Waals surface area (Å²) < 4.78 is 28.2. The van der Waals surface area contributed by atoms with Gasteiger partial charge < -0.3 is 14.4 Å². The fourth-order valence-electron chi connectivity index (χ4n) is 3.81. The van der Waals surface area contributed by atoms with Crippen LogP contribution in [0.25, 0.3) is 0 Å². The van der Waals surface area contributed by atoms with Crippen molar-refractivity contribution in [1.29, 1.82) is 0 Å². The lowest BCUT2D eigenvalue weighted by molar-refractivity contribution is -0.134. The highest BCUT2D eigenvalue weighted by atomic mass is 19.3. The molecule has 1 aromatic rings. The minimum atomic E-state index is -2.61. The van der Waals surface area contributed by atoms with E-state index in [1.165, 1.54) is 16.7 Å². The van der Waals surface area contributed by atoms with E-state index in [4.69, 9.17) is 0 Å². The van der Waals surface area contributed by atoms with Crippen molar-refractivity contribution in [3.8, 4) is 0 Å². The van der Waals surface area contributed by atoms with Crippen LogP contribution in [0.3, 0.4) is 0 Å². The Hall–Kier alpha value is -1.76. The van der Waals surface area contributed by atoms with Gasteiger partial charge in [0.25, 0.3) is 12.0 Å². The summed E-state index contributed by atoms with van der Waals surface area (Å²) in [6, 6.07) is 2.46. The molecule has 2 bridgehead atoms. The van der Waals surface area contributed by atoms with Crippen LogP contribution in [-0.4, -0.2) is 54.0 Å². The Morgan fingerprint density at radius 1 is 1.30 bits per heavy atom. The summed E-state index contributed by atoms with van der Waals surface area (Å²) in [6.07, 6.45) is -1.85. The maximum atomic E-state index is 13.3. The average Bonchev–Trinajstić information content (AvgIpc) is 2.47. The lowest BCUT2D eigenvalue weighted by atomic mass is 9.81. The number of likely N-dealkylation sites (N-methyl/N-ethyl adjacent to an activating group) is 1. The molecule has 1 amide bonds. The Balaban J connectivity index is 1.94. The van der Waals surface area contributed by atoms with Crippen LogP contribution in [0, 0.1) is 5.92 Å². The van der Waals surface area contributed by atoms with Crippen LogP contribution in [0.5, 0.6) is 0 Å². The molecule has 0 N–H and O–H groups in total. The van der Waals surface area contributed by atoms with E-state index in [0.717, 1.165) is 6.42 Å². The molecule has 0 aromatic carbocycles. The fourth-order valence-corrected chi connectivity index (χ4v) is 3.81. The highest BCUT2D eigenvalue weighted by Gasteiger charge is 2.38. The Kier molecular flexibility index (Phi) is 4.23. The predicted octanol–water partition coefficient (Wildman–Crippen LogP) is 1.29. The van der Waals surface area contributed by atoms with Crippen molar-refractivity contribution in [2.75, 3.05) is 33.7 Å². The number of fused-ring (bicyclic) bond motifs is 4. The molecular weight excluding hydrogens is 304 g/mol. The number of pyridine rings is 1. The first-order valence-corrected chi connectivity index (χ1v) is 7.81. The third-order valence-corrected chi connectivity index (χ3v) is 4.66. The maximum absolute atomic E-state index is 13.3. The van der Waals surface area contributed by atoms with Crippen molar-refractivity contribution in [2.24, 2.45) is 5.92 Å². The molecule has 0 spiro atoms. The fraction of sp³-hybridized carbons (Fsp3) is 0.625. The molecule has 3 rings (SSSR count). The van der Waals surface area contributed by atoms with E-state index >= 15 is 0 Å². The zero-order chi connectivity index (χ0) is 16.7. The van der Waals surface area contributed by atoms with E-state index in [9.17, 15) is 18.4 Å². The third kappa shape index (κ3) is 3.02. The third-order valence-electron chi connectivity index (χ3n) is 4.66. The predicted molar refractivity (Wildman–Crippen MR) is 81.6 cm³/mol. The molecule has 0 saturated carbocycles. The lowest BCUT2D eigenvalue weighted by Gasteiger charge is -2.43. The van der Waals surface area contributed by atoms with E-state index < -0.39 is 6.43 Å². The average molecular weight is 325 g/mol. The largest absolute Gasteiger partial charge is 0.341 e. The zero-order valence-corrected chi connectivity index (χ0v) is 13.3. The van der Waals surface area contributed by atoms with E-state index in [2.05, 4.69) is 0 Å². The van der Waals surface area contributed by atoms with E-state index in [-0.39, 0.29) is 28.9 Å². The van der Waals surface area contributed by atoms with Gasteiger partial charge >= 0.3 is 0 Å². The normalized spacial score (nSPS) is 23.3. The van der Waals surface area contributed by atoms with E-state index in [1.54, 1.807) is 9.80 Å². The molecule has 1 fully saturated rings. The van der Waals surface area contributed by atoms with Gasteiger partial charge in [-0.05, 0) is 32.5 Å². The van der Waals surface area contributed by atoms with Gasteiger partial charge in [0.15, 0.2) is 0 Å². The quantitative estimate of drug-likeness (QED) is 0.841. The number of nitrogens with zero attached hydrogens (tertiary/aromatic N) is 3. The second-order valence-electron chi connectivity index (χ2n) is 6.76. The summed E-state index contributed by atoms with van der Waals surface area (Å²) in [5.41, 5.74) is 0.119. The van der Waals surface area contributed by atoms with Gasteiger partial charge in [0.2, 0.25) is 5.91 Å². The zero-order valence-electron chi connectivity index (χ0n) is 13.3. The summed E-state index contributed by atoms with van der Waals surface area (Å²) in [7, 11) is 3.65. The number of likely N-dealkylation sites (tertiary alicyclic amines) is 1. The Bertz CT molecular complexity index is 672. The van der Waals surface area contributed by atoms with Crippen molar-refractivity contribution in [3.63, 3.8) is 0 Å². The summed E-state index contributed by atoms with van der Waals surface area (Å²) >= 11 is 0. The number of hydrogen-bond donors (Lipinski definition) is 0. The van der Waals surface area contributed by atoms with Crippen molar-refractivity contribution in [1.82, 2.24) is 14.4 Å².